The van der Waals surface area contributed by atoms with Gasteiger partial charge in [0.05, 0.1) is 17.6 Å². The number of nitrogens with two attached hydrogens (primary N) is 1. The Labute approximate surface area is 151 Å². The molecule has 3 rings (SSSR count). The van der Waals surface area contributed by atoms with Crippen molar-refractivity contribution in [2.45, 2.75) is 25.6 Å². The van der Waals surface area contributed by atoms with E-state index in [1.807, 2.05) is 30.3 Å². The largest absolute Gasteiger partial charge is 0.393 e. The summed E-state index contributed by atoms with van der Waals surface area (Å²) in [4.78, 5) is 24.7. The number of rotatable bonds is 5. The Kier molecular flexibility index (Phi) is 5.48. The number of ether oxygens (including phenoxy) is 1. The van der Waals surface area contributed by atoms with Crippen LogP contribution in [0.3, 0.4) is 0 Å². The van der Waals surface area contributed by atoms with Crippen LogP contribution in [-0.2, 0) is 11.3 Å². The van der Waals surface area contributed by atoms with Gasteiger partial charge in [-0.1, -0.05) is 30.3 Å². The Bertz CT molecular complexity index is 787. The summed E-state index contributed by atoms with van der Waals surface area (Å²) in [7, 11) is 0. The Morgan fingerprint density at radius 3 is 2.54 bits per heavy atom. The van der Waals surface area contributed by atoms with E-state index in [2.05, 4.69) is 0 Å². The molecule has 2 aromatic carbocycles. The van der Waals surface area contributed by atoms with Crippen molar-refractivity contribution in [1.29, 1.82) is 0 Å². The molecule has 0 unspecified atom stereocenters. The maximum atomic E-state index is 12.6. The van der Waals surface area contributed by atoms with E-state index in [-0.39, 0.29) is 28.9 Å². The van der Waals surface area contributed by atoms with E-state index in [1.54, 1.807) is 4.90 Å². The first-order chi connectivity index (χ1) is 12.5. The van der Waals surface area contributed by atoms with Crippen molar-refractivity contribution in [2.75, 3.05) is 18.8 Å². The van der Waals surface area contributed by atoms with Gasteiger partial charge in [0.15, 0.2) is 0 Å². The first-order valence-electron chi connectivity index (χ1n) is 8.53. The first-order valence-corrected chi connectivity index (χ1v) is 8.53. The molecular weight excluding hydrogens is 334 g/mol. The SMILES string of the molecule is Nc1ccc(C(=O)N2CCC(OCc3ccccc3)CC2)cc1[N+](=O)[O-]. The van der Waals surface area contributed by atoms with Crippen molar-refractivity contribution in [3.05, 3.63) is 69.8 Å². The molecule has 0 aromatic heterocycles. The van der Waals surface area contributed by atoms with E-state index in [0.29, 0.717) is 19.7 Å². The van der Waals surface area contributed by atoms with Crippen molar-refractivity contribution in [1.82, 2.24) is 4.90 Å². The number of carbonyl (C=O) groups excluding carboxylic acids is 1. The Hall–Kier alpha value is -2.93. The second-order valence-electron chi connectivity index (χ2n) is 6.32. The lowest BCUT2D eigenvalue weighted by Crippen LogP contribution is -2.40. The third-order valence-electron chi connectivity index (χ3n) is 4.53. The third kappa shape index (κ3) is 4.18. The number of nitro groups is 1. The second-order valence-corrected chi connectivity index (χ2v) is 6.32. The van der Waals surface area contributed by atoms with Crippen LogP contribution in [-0.4, -0.2) is 34.9 Å². The number of carbonyl (C=O) groups is 1. The van der Waals surface area contributed by atoms with Crippen LogP contribution >= 0.6 is 0 Å². The van der Waals surface area contributed by atoms with Gasteiger partial charge in [0.25, 0.3) is 11.6 Å². The van der Waals surface area contributed by atoms with Crippen LogP contribution in [0.25, 0.3) is 0 Å². The molecule has 1 fully saturated rings. The van der Waals surface area contributed by atoms with E-state index in [9.17, 15) is 14.9 Å². The Morgan fingerprint density at radius 2 is 1.88 bits per heavy atom. The summed E-state index contributed by atoms with van der Waals surface area (Å²) in [5.41, 5.74) is 6.81. The monoisotopic (exact) mass is 355 g/mol. The molecule has 1 aliphatic heterocycles. The summed E-state index contributed by atoms with van der Waals surface area (Å²) in [5.74, 6) is -0.213. The number of hydrogen-bond donors (Lipinski definition) is 1. The molecule has 1 amide bonds. The van der Waals surface area contributed by atoms with Crippen molar-refractivity contribution < 1.29 is 14.5 Å². The highest BCUT2D eigenvalue weighted by Gasteiger charge is 2.25. The standard InChI is InChI=1S/C19H21N3O4/c20-17-7-6-15(12-18(17)22(24)25)19(23)21-10-8-16(9-11-21)26-13-14-4-2-1-3-5-14/h1-7,12,16H,8-11,13,20H2. The van der Waals surface area contributed by atoms with Gasteiger partial charge in [0.2, 0.25) is 0 Å². The molecule has 0 bridgehead atoms. The predicted octanol–water partition coefficient (Wildman–Crippen LogP) is 3.00. The molecule has 1 saturated heterocycles. The maximum absolute atomic E-state index is 12.6. The van der Waals surface area contributed by atoms with E-state index in [0.717, 1.165) is 18.4 Å². The van der Waals surface area contributed by atoms with Gasteiger partial charge in [0.1, 0.15) is 5.69 Å². The van der Waals surface area contributed by atoms with E-state index in [1.165, 1.54) is 18.2 Å². The number of piperidine rings is 1. The van der Waals surface area contributed by atoms with Gasteiger partial charge in [-0.05, 0) is 30.5 Å². The van der Waals surface area contributed by atoms with Crippen molar-refractivity contribution in [3.8, 4) is 0 Å². The van der Waals surface area contributed by atoms with Gasteiger partial charge in [-0.2, -0.15) is 0 Å². The topological polar surface area (TPSA) is 98.7 Å². The molecule has 2 aromatic rings. The van der Waals surface area contributed by atoms with Gasteiger partial charge in [0, 0.05) is 24.7 Å². The number of anilines is 1. The lowest BCUT2D eigenvalue weighted by atomic mass is 10.1. The number of likely N-dealkylation sites (tertiary alicyclic amines) is 1. The van der Waals surface area contributed by atoms with E-state index < -0.39 is 4.92 Å². The van der Waals surface area contributed by atoms with Gasteiger partial charge in [-0.25, -0.2) is 0 Å². The van der Waals surface area contributed by atoms with Gasteiger partial charge >= 0.3 is 0 Å². The zero-order valence-corrected chi connectivity index (χ0v) is 14.3. The van der Waals surface area contributed by atoms with Crippen LogP contribution in [0.15, 0.2) is 48.5 Å². The highest BCUT2D eigenvalue weighted by molar-refractivity contribution is 5.95. The maximum Gasteiger partial charge on any atom is 0.292 e. The number of hydrogen-bond acceptors (Lipinski definition) is 5. The average Bonchev–Trinajstić information content (AvgIpc) is 2.67. The van der Waals surface area contributed by atoms with Crippen LogP contribution < -0.4 is 5.73 Å². The van der Waals surface area contributed by atoms with E-state index >= 15 is 0 Å². The number of nitrogens with zero attached hydrogens (tertiary/aromatic N) is 2. The Morgan fingerprint density at radius 1 is 1.19 bits per heavy atom. The quantitative estimate of drug-likeness (QED) is 0.505. The molecule has 0 spiro atoms. The molecule has 0 saturated carbocycles. The number of amides is 1. The fourth-order valence-electron chi connectivity index (χ4n) is 3.03. The van der Waals surface area contributed by atoms with E-state index in [4.69, 9.17) is 10.5 Å². The minimum atomic E-state index is -0.574. The van der Waals surface area contributed by atoms with Crippen molar-refractivity contribution in [2.24, 2.45) is 0 Å². The Balaban J connectivity index is 1.55. The zero-order valence-electron chi connectivity index (χ0n) is 14.3. The predicted molar refractivity (Wildman–Crippen MR) is 97.7 cm³/mol. The summed E-state index contributed by atoms with van der Waals surface area (Å²) in [5, 5.41) is 11.0. The highest BCUT2D eigenvalue weighted by atomic mass is 16.6. The molecule has 0 aliphatic carbocycles. The zero-order chi connectivity index (χ0) is 18.5. The molecule has 0 radical (unpaired) electrons. The average molecular weight is 355 g/mol. The van der Waals surface area contributed by atoms with Crippen molar-refractivity contribution >= 4 is 17.3 Å². The summed E-state index contributed by atoms with van der Waals surface area (Å²) in [6, 6.07) is 14.1. The lowest BCUT2D eigenvalue weighted by molar-refractivity contribution is -0.383. The molecule has 1 heterocycles. The number of nitro benzene ring substituents is 1. The molecule has 0 atom stereocenters. The van der Waals surface area contributed by atoms with Crippen LogP contribution in [0.4, 0.5) is 11.4 Å². The van der Waals surface area contributed by atoms with Crippen LogP contribution in [0.2, 0.25) is 0 Å². The minimum Gasteiger partial charge on any atom is -0.393 e. The van der Waals surface area contributed by atoms with Gasteiger partial charge < -0.3 is 15.4 Å². The summed E-state index contributed by atoms with van der Waals surface area (Å²) in [6.45, 7) is 1.69. The fourth-order valence-corrected chi connectivity index (χ4v) is 3.03. The fraction of sp³-hybridized carbons (Fsp3) is 0.316. The summed E-state index contributed by atoms with van der Waals surface area (Å²) < 4.78 is 5.93. The summed E-state index contributed by atoms with van der Waals surface area (Å²) in [6.07, 6.45) is 1.60. The number of nitrogen functional groups attached to an aromatic ring is 1. The minimum absolute atomic E-state index is 0.0552. The smallest absolute Gasteiger partial charge is 0.292 e. The first kappa shape index (κ1) is 17.9. The van der Waals surface area contributed by atoms with Crippen molar-refractivity contribution in [3.63, 3.8) is 0 Å². The second kappa shape index (κ2) is 7.97. The normalized spacial score (nSPS) is 15.0. The molecule has 26 heavy (non-hydrogen) atoms. The molecular formula is C19H21N3O4. The molecule has 1 aliphatic rings. The molecule has 7 heteroatoms. The van der Waals surface area contributed by atoms with Gasteiger partial charge in [-0.15, -0.1) is 0 Å². The highest BCUT2D eigenvalue weighted by Crippen LogP contribution is 2.24. The number of benzene rings is 2. The molecule has 2 N–H and O–H groups in total. The lowest BCUT2D eigenvalue weighted by Gasteiger charge is -2.32. The van der Waals surface area contributed by atoms with Crippen LogP contribution in [0.1, 0.15) is 28.8 Å². The molecule has 7 nitrogen and oxygen atoms in total. The van der Waals surface area contributed by atoms with Gasteiger partial charge in [-0.3, -0.25) is 14.9 Å². The third-order valence-corrected chi connectivity index (χ3v) is 4.53. The van der Waals surface area contributed by atoms with Crippen LogP contribution in [0, 0.1) is 10.1 Å². The summed E-state index contributed by atoms with van der Waals surface area (Å²) >= 11 is 0. The molecule has 136 valence electrons. The van der Waals surface area contributed by atoms with Crippen LogP contribution in [0.5, 0.6) is 0 Å².